The number of benzene rings is 4. The van der Waals surface area contributed by atoms with Crippen LogP contribution in [0, 0.1) is 23.4 Å². The fourth-order valence-corrected chi connectivity index (χ4v) is 5.83. The van der Waals surface area contributed by atoms with Crippen LogP contribution in [0.1, 0.15) is 66.6 Å². The Labute approximate surface area is 238 Å². The van der Waals surface area contributed by atoms with Gasteiger partial charge in [-0.15, -0.1) is 0 Å². The maximum atomic E-state index is 13.8. The normalized spacial score (nSPS) is 19.4. The van der Waals surface area contributed by atoms with Gasteiger partial charge in [-0.05, 0) is 97.2 Å². The van der Waals surface area contributed by atoms with E-state index < -0.39 is 5.41 Å². The van der Waals surface area contributed by atoms with Crippen LogP contribution in [0.2, 0.25) is 0 Å². The van der Waals surface area contributed by atoms with Crippen LogP contribution < -0.4 is 5.32 Å². The van der Waals surface area contributed by atoms with Crippen molar-refractivity contribution in [3.63, 3.8) is 0 Å². The number of nitrogens with one attached hydrogen (secondary N) is 1. The number of ketones is 1. The number of hydrogen-bond acceptors (Lipinski definition) is 2. The standard InChI is InChI=1S/C35H32F3NO2/c1-23(25-6-12-30(36)13-7-25)39-34(41)35(29-10-16-32(38)17-11-29)20-18-24(19-21-35)22-33(40)28-4-2-26(3-5-28)27-8-14-31(37)15-9-27/h2-17,23-24H,18-22H2,1H3,(H,39,41). The van der Waals surface area contributed by atoms with Gasteiger partial charge in [0.25, 0.3) is 0 Å². The van der Waals surface area contributed by atoms with E-state index in [2.05, 4.69) is 5.32 Å². The minimum Gasteiger partial charge on any atom is -0.349 e. The fraction of sp³-hybridized carbons (Fsp3) is 0.257. The van der Waals surface area contributed by atoms with Crippen LogP contribution in [0.5, 0.6) is 0 Å². The summed E-state index contributed by atoms with van der Waals surface area (Å²) in [4.78, 5) is 26.9. The first kappa shape index (κ1) is 28.3. The molecule has 1 atom stereocenters. The summed E-state index contributed by atoms with van der Waals surface area (Å²) in [5, 5.41) is 3.10. The van der Waals surface area contributed by atoms with Gasteiger partial charge in [0.2, 0.25) is 5.91 Å². The Kier molecular flexibility index (Phi) is 8.39. The number of halogens is 3. The Morgan fingerprint density at radius 1 is 0.732 bits per heavy atom. The van der Waals surface area contributed by atoms with E-state index in [1.807, 2.05) is 19.1 Å². The Morgan fingerprint density at radius 2 is 1.20 bits per heavy atom. The SMILES string of the molecule is CC(NC(=O)C1(c2ccc(F)cc2)CCC(CC(=O)c2ccc(-c3ccc(F)cc3)cc2)CC1)c1ccc(F)cc1. The smallest absolute Gasteiger partial charge is 0.231 e. The molecule has 3 nitrogen and oxygen atoms in total. The molecule has 1 unspecified atom stereocenters. The molecular weight excluding hydrogens is 523 g/mol. The van der Waals surface area contributed by atoms with Gasteiger partial charge in [0, 0.05) is 12.0 Å². The molecule has 1 aliphatic carbocycles. The molecule has 0 spiro atoms. The predicted octanol–water partition coefficient (Wildman–Crippen LogP) is 8.35. The second-order valence-corrected chi connectivity index (χ2v) is 11.0. The molecule has 1 aliphatic rings. The highest BCUT2D eigenvalue weighted by Gasteiger charge is 2.44. The first-order valence-corrected chi connectivity index (χ1v) is 14.0. The summed E-state index contributed by atoms with van der Waals surface area (Å²) in [6.07, 6.45) is 2.79. The molecule has 4 aromatic rings. The van der Waals surface area contributed by atoms with Gasteiger partial charge in [0.15, 0.2) is 5.78 Å². The first-order valence-electron chi connectivity index (χ1n) is 14.0. The quantitative estimate of drug-likeness (QED) is 0.222. The molecule has 210 valence electrons. The zero-order valence-corrected chi connectivity index (χ0v) is 22.9. The van der Waals surface area contributed by atoms with Crippen molar-refractivity contribution in [3.8, 4) is 11.1 Å². The molecule has 0 saturated heterocycles. The molecule has 1 fully saturated rings. The van der Waals surface area contributed by atoms with Crippen LogP contribution in [0.25, 0.3) is 11.1 Å². The second-order valence-electron chi connectivity index (χ2n) is 11.0. The Hall–Kier alpha value is -4.19. The molecule has 1 N–H and O–H groups in total. The lowest BCUT2D eigenvalue weighted by atomic mass is 9.65. The lowest BCUT2D eigenvalue weighted by Crippen LogP contribution is -2.47. The number of hydrogen-bond donors (Lipinski definition) is 1. The summed E-state index contributed by atoms with van der Waals surface area (Å²) < 4.78 is 40.4. The van der Waals surface area contributed by atoms with E-state index in [0.29, 0.717) is 37.7 Å². The first-order chi connectivity index (χ1) is 19.7. The molecule has 0 aromatic heterocycles. The third-order valence-electron chi connectivity index (χ3n) is 8.37. The van der Waals surface area contributed by atoms with Crippen LogP contribution >= 0.6 is 0 Å². The van der Waals surface area contributed by atoms with Crippen molar-refractivity contribution in [2.24, 2.45) is 5.92 Å². The number of amides is 1. The Balaban J connectivity index is 1.27. The van der Waals surface area contributed by atoms with Gasteiger partial charge in [-0.3, -0.25) is 9.59 Å². The zero-order valence-electron chi connectivity index (χ0n) is 22.9. The number of rotatable bonds is 8. The largest absolute Gasteiger partial charge is 0.349 e. The van der Waals surface area contributed by atoms with Gasteiger partial charge in [0.1, 0.15) is 17.5 Å². The summed E-state index contributed by atoms with van der Waals surface area (Å²) >= 11 is 0. The molecule has 1 amide bonds. The summed E-state index contributed by atoms with van der Waals surface area (Å²) in [6.45, 7) is 1.86. The number of Topliss-reactive ketones (excluding diaryl/α,β-unsaturated/α-hetero) is 1. The average Bonchev–Trinajstić information content (AvgIpc) is 2.99. The van der Waals surface area contributed by atoms with Gasteiger partial charge >= 0.3 is 0 Å². The van der Waals surface area contributed by atoms with Crippen molar-refractivity contribution in [2.75, 3.05) is 0 Å². The number of carbonyl (C=O) groups is 2. The highest BCUT2D eigenvalue weighted by atomic mass is 19.1. The van der Waals surface area contributed by atoms with Crippen molar-refractivity contribution in [1.29, 1.82) is 0 Å². The van der Waals surface area contributed by atoms with Crippen LogP contribution in [-0.4, -0.2) is 11.7 Å². The van der Waals surface area contributed by atoms with Gasteiger partial charge in [-0.25, -0.2) is 13.2 Å². The molecule has 6 heteroatoms. The van der Waals surface area contributed by atoms with Gasteiger partial charge in [-0.2, -0.15) is 0 Å². The summed E-state index contributed by atoms with van der Waals surface area (Å²) in [7, 11) is 0. The Morgan fingerprint density at radius 3 is 1.73 bits per heavy atom. The van der Waals surface area contributed by atoms with Crippen LogP contribution in [0.3, 0.4) is 0 Å². The van der Waals surface area contributed by atoms with Crippen molar-refractivity contribution < 1.29 is 22.8 Å². The topological polar surface area (TPSA) is 46.2 Å². The Bertz CT molecular complexity index is 1490. The van der Waals surface area contributed by atoms with Crippen molar-refractivity contribution >= 4 is 11.7 Å². The molecule has 5 rings (SSSR count). The predicted molar refractivity (Wildman–Crippen MR) is 154 cm³/mol. The monoisotopic (exact) mass is 555 g/mol. The minimum absolute atomic E-state index is 0.0457. The average molecular weight is 556 g/mol. The van der Waals surface area contributed by atoms with Gasteiger partial charge < -0.3 is 5.32 Å². The minimum atomic E-state index is -0.849. The van der Waals surface area contributed by atoms with E-state index in [1.165, 1.54) is 36.4 Å². The van der Waals surface area contributed by atoms with E-state index in [1.54, 1.807) is 48.5 Å². The maximum Gasteiger partial charge on any atom is 0.231 e. The van der Waals surface area contributed by atoms with Crippen molar-refractivity contribution in [2.45, 2.75) is 50.5 Å². The second kappa shape index (κ2) is 12.1. The van der Waals surface area contributed by atoms with E-state index in [-0.39, 0.29) is 41.1 Å². The zero-order chi connectivity index (χ0) is 29.0. The molecule has 41 heavy (non-hydrogen) atoms. The van der Waals surface area contributed by atoms with E-state index >= 15 is 0 Å². The van der Waals surface area contributed by atoms with Gasteiger partial charge in [-0.1, -0.05) is 60.7 Å². The van der Waals surface area contributed by atoms with Gasteiger partial charge in [0.05, 0.1) is 11.5 Å². The summed E-state index contributed by atoms with van der Waals surface area (Å²) in [5.41, 5.74) is 3.10. The van der Waals surface area contributed by atoms with Crippen LogP contribution in [0.15, 0.2) is 97.1 Å². The highest BCUT2D eigenvalue weighted by molar-refractivity contribution is 5.96. The van der Waals surface area contributed by atoms with E-state index in [9.17, 15) is 22.8 Å². The third kappa shape index (κ3) is 6.43. The van der Waals surface area contributed by atoms with E-state index in [0.717, 1.165) is 22.3 Å². The number of carbonyl (C=O) groups excluding carboxylic acids is 2. The fourth-order valence-electron chi connectivity index (χ4n) is 5.83. The van der Waals surface area contributed by atoms with Crippen molar-refractivity contribution in [3.05, 3.63) is 131 Å². The third-order valence-corrected chi connectivity index (χ3v) is 8.37. The molecule has 1 saturated carbocycles. The molecule has 4 aromatic carbocycles. The highest BCUT2D eigenvalue weighted by Crippen LogP contribution is 2.43. The van der Waals surface area contributed by atoms with Crippen LogP contribution in [0.4, 0.5) is 13.2 Å². The lowest BCUT2D eigenvalue weighted by molar-refractivity contribution is -0.129. The molecule has 0 heterocycles. The summed E-state index contributed by atoms with van der Waals surface area (Å²) in [6, 6.07) is 25.4. The van der Waals surface area contributed by atoms with E-state index in [4.69, 9.17) is 0 Å². The summed E-state index contributed by atoms with van der Waals surface area (Å²) in [5.74, 6) is -0.988. The molecule has 0 radical (unpaired) electrons. The van der Waals surface area contributed by atoms with Crippen LogP contribution in [-0.2, 0) is 10.2 Å². The van der Waals surface area contributed by atoms with Crippen molar-refractivity contribution in [1.82, 2.24) is 5.32 Å². The lowest BCUT2D eigenvalue weighted by Gasteiger charge is -2.40. The maximum absolute atomic E-state index is 13.8. The molecular formula is C35H32F3NO2. The molecule has 0 bridgehead atoms. The molecule has 0 aliphatic heterocycles.